The summed E-state index contributed by atoms with van der Waals surface area (Å²) in [6.45, 7) is 1.97. The van der Waals surface area contributed by atoms with E-state index in [1.54, 1.807) is 6.07 Å². The van der Waals surface area contributed by atoms with E-state index in [4.69, 9.17) is 0 Å². The monoisotopic (exact) mass is 367 g/mol. The van der Waals surface area contributed by atoms with E-state index in [0.29, 0.717) is 5.56 Å². The molecule has 1 fully saturated rings. The summed E-state index contributed by atoms with van der Waals surface area (Å²) in [5.74, 6) is -0.609. The highest BCUT2D eigenvalue weighted by Gasteiger charge is 2.21. The van der Waals surface area contributed by atoms with E-state index in [1.165, 1.54) is 19.0 Å². The Kier molecular flexibility index (Phi) is 6.41. The van der Waals surface area contributed by atoms with Crippen LogP contribution in [0.5, 0.6) is 0 Å². The lowest BCUT2D eigenvalue weighted by Crippen LogP contribution is -2.42. The van der Waals surface area contributed by atoms with Gasteiger partial charge in [-0.15, -0.1) is 0 Å². The third kappa shape index (κ3) is 5.29. The predicted octanol–water partition coefficient (Wildman–Crippen LogP) is 2.89. The van der Waals surface area contributed by atoms with Crippen LogP contribution < -0.4 is 10.2 Å². The average molecular weight is 367 g/mol. The summed E-state index contributed by atoms with van der Waals surface area (Å²) in [6, 6.07) is 11.8. The third-order valence-corrected chi connectivity index (χ3v) is 4.83. The van der Waals surface area contributed by atoms with Crippen molar-refractivity contribution < 1.29 is 14.7 Å². The number of carboxylic acid groups (broad SMARTS) is 1. The van der Waals surface area contributed by atoms with Gasteiger partial charge in [0.15, 0.2) is 0 Å². The maximum Gasteiger partial charge on any atom is 0.326 e. The number of carbonyl (C=O) groups is 2. The fraction of sp³-hybridized carbons (Fsp3) is 0.381. The second-order valence-corrected chi connectivity index (χ2v) is 6.86. The zero-order valence-corrected chi connectivity index (χ0v) is 15.3. The molecule has 1 aliphatic heterocycles. The minimum absolute atomic E-state index is 0.237. The van der Waals surface area contributed by atoms with Gasteiger partial charge < -0.3 is 15.3 Å². The van der Waals surface area contributed by atoms with Crippen LogP contribution in [0.2, 0.25) is 0 Å². The normalized spacial score (nSPS) is 15.6. The maximum absolute atomic E-state index is 12.5. The topological polar surface area (TPSA) is 82.5 Å². The van der Waals surface area contributed by atoms with E-state index in [2.05, 4.69) is 15.2 Å². The second kappa shape index (κ2) is 9.16. The molecule has 1 aromatic carbocycles. The zero-order chi connectivity index (χ0) is 19.1. The van der Waals surface area contributed by atoms with Crippen LogP contribution in [0.4, 0.5) is 5.82 Å². The summed E-state index contributed by atoms with van der Waals surface area (Å²) in [4.78, 5) is 30.7. The van der Waals surface area contributed by atoms with E-state index in [-0.39, 0.29) is 6.42 Å². The molecule has 27 heavy (non-hydrogen) atoms. The van der Waals surface area contributed by atoms with Crippen molar-refractivity contribution >= 4 is 17.7 Å². The summed E-state index contributed by atoms with van der Waals surface area (Å²) in [5.41, 5.74) is 1.23. The fourth-order valence-corrected chi connectivity index (χ4v) is 3.30. The van der Waals surface area contributed by atoms with Crippen molar-refractivity contribution in [3.05, 3.63) is 59.8 Å². The lowest BCUT2D eigenvalue weighted by atomic mass is 10.1. The third-order valence-electron chi connectivity index (χ3n) is 4.83. The number of aliphatic carboxylic acids is 1. The average Bonchev–Trinajstić information content (AvgIpc) is 2.98. The van der Waals surface area contributed by atoms with Crippen molar-refractivity contribution in [1.29, 1.82) is 0 Å². The first-order valence-corrected chi connectivity index (χ1v) is 9.42. The van der Waals surface area contributed by atoms with Crippen molar-refractivity contribution in [3.63, 3.8) is 0 Å². The molecule has 1 aromatic heterocycles. The molecule has 1 saturated heterocycles. The van der Waals surface area contributed by atoms with Crippen molar-refractivity contribution in [2.75, 3.05) is 18.0 Å². The van der Waals surface area contributed by atoms with Gasteiger partial charge in [0.05, 0.1) is 5.56 Å². The number of hydrogen-bond acceptors (Lipinski definition) is 4. The van der Waals surface area contributed by atoms with Gasteiger partial charge in [0, 0.05) is 25.7 Å². The van der Waals surface area contributed by atoms with Crippen LogP contribution in [-0.2, 0) is 11.2 Å². The number of hydrogen-bond donors (Lipinski definition) is 2. The Labute approximate surface area is 159 Å². The zero-order valence-electron chi connectivity index (χ0n) is 15.3. The SMILES string of the molecule is O=C(N[C@@H](Cc1ccccc1)C(=O)O)c1ccc(N2CCCCCC2)nc1. The Hall–Kier alpha value is -2.89. The molecule has 0 aliphatic carbocycles. The van der Waals surface area contributed by atoms with Gasteiger partial charge in [-0.2, -0.15) is 0 Å². The van der Waals surface area contributed by atoms with Gasteiger partial charge in [-0.1, -0.05) is 43.2 Å². The van der Waals surface area contributed by atoms with Crippen LogP contribution in [0, 0.1) is 0 Å². The number of benzene rings is 1. The molecular formula is C21H25N3O3. The van der Waals surface area contributed by atoms with Gasteiger partial charge >= 0.3 is 5.97 Å². The molecule has 3 rings (SSSR count). The van der Waals surface area contributed by atoms with E-state index in [0.717, 1.165) is 37.3 Å². The standard InChI is InChI=1S/C21H25N3O3/c25-20(23-18(21(26)27)14-16-8-4-3-5-9-16)17-10-11-19(22-15-17)24-12-6-1-2-7-13-24/h3-5,8-11,15,18H,1-2,6-7,12-14H2,(H,23,25)(H,26,27)/t18-/m0/s1. The number of carbonyl (C=O) groups excluding carboxylic acids is 1. The summed E-state index contributed by atoms with van der Waals surface area (Å²) in [7, 11) is 0. The van der Waals surface area contributed by atoms with E-state index < -0.39 is 17.9 Å². The molecular weight excluding hydrogens is 342 g/mol. The Morgan fingerprint density at radius 3 is 2.33 bits per heavy atom. The number of anilines is 1. The van der Waals surface area contributed by atoms with Crippen molar-refractivity contribution in [1.82, 2.24) is 10.3 Å². The number of carboxylic acids is 1. The van der Waals surface area contributed by atoms with Gasteiger partial charge in [-0.25, -0.2) is 9.78 Å². The predicted molar refractivity (Wildman–Crippen MR) is 104 cm³/mol. The molecule has 0 saturated carbocycles. The van der Waals surface area contributed by atoms with E-state index >= 15 is 0 Å². The van der Waals surface area contributed by atoms with Crippen LogP contribution in [0.15, 0.2) is 48.7 Å². The minimum Gasteiger partial charge on any atom is -0.480 e. The molecule has 2 heterocycles. The van der Waals surface area contributed by atoms with Crippen molar-refractivity contribution in [2.24, 2.45) is 0 Å². The van der Waals surface area contributed by atoms with Gasteiger partial charge in [-0.3, -0.25) is 4.79 Å². The van der Waals surface area contributed by atoms with Gasteiger partial charge in [0.1, 0.15) is 11.9 Å². The van der Waals surface area contributed by atoms with Gasteiger partial charge in [0.2, 0.25) is 0 Å². The maximum atomic E-state index is 12.5. The Morgan fingerprint density at radius 1 is 1.04 bits per heavy atom. The first-order valence-electron chi connectivity index (χ1n) is 9.42. The van der Waals surface area contributed by atoms with Crippen LogP contribution in [0.25, 0.3) is 0 Å². The number of pyridine rings is 1. The molecule has 6 heteroatoms. The van der Waals surface area contributed by atoms with E-state index in [1.807, 2.05) is 36.4 Å². The Balaban J connectivity index is 1.64. The molecule has 0 radical (unpaired) electrons. The lowest BCUT2D eigenvalue weighted by Gasteiger charge is -2.21. The van der Waals surface area contributed by atoms with Crippen molar-refractivity contribution in [2.45, 2.75) is 38.1 Å². The second-order valence-electron chi connectivity index (χ2n) is 6.86. The number of nitrogens with one attached hydrogen (secondary N) is 1. The molecule has 0 unspecified atom stereocenters. The summed E-state index contributed by atoms with van der Waals surface area (Å²) in [5, 5.41) is 12.0. The number of amides is 1. The summed E-state index contributed by atoms with van der Waals surface area (Å²) < 4.78 is 0. The van der Waals surface area contributed by atoms with E-state index in [9.17, 15) is 14.7 Å². The van der Waals surface area contributed by atoms with Crippen LogP contribution in [0.3, 0.4) is 0 Å². The molecule has 1 aliphatic rings. The van der Waals surface area contributed by atoms with Gasteiger partial charge in [-0.05, 0) is 30.5 Å². The Morgan fingerprint density at radius 2 is 1.74 bits per heavy atom. The molecule has 0 bridgehead atoms. The summed E-state index contributed by atoms with van der Waals surface area (Å²) >= 11 is 0. The molecule has 142 valence electrons. The van der Waals surface area contributed by atoms with Crippen LogP contribution >= 0.6 is 0 Å². The fourth-order valence-electron chi connectivity index (χ4n) is 3.30. The molecule has 6 nitrogen and oxygen atoms in total. The number of aromatic nitrogens is 1. The quantitative estimate of drug-likeness (QED) is 0.820. The highest BCUT2D eigenvalue weighted by atomic mass is 16.4. The highest BCUT2D eigenvalue weighted by Crippen LogP contribution is 2.17. The molecule has 2 N–H and O–H groups in total. The molecule has 1 atom stereocenters. The highest BCUT2D eigenvalue weighted by molar-refractivity contribution is 5.96. The first-order chi connectivity index (χ1) is 13.1. The van der Waals surface area contributed by atoms with Gasteiger partial charge in [0.25, 0.3) is 5.91 Å². The van der Waals surface area contributed by atoms with Crippen LogP contribution in [0.1, 0.15) is 41.6 Å². The smallest absolute Gasteiger partial charge is 0.326 e. The minimum atomic E-state index is -1.05. The number of rotatable bonds is 6. The summed E-state index contributed by atoms with van der Waals surface area (Å²) in [6.07, 6.45) is 6.57. The van der Waals surface area contributed by atoms with Crippen molar-refractivity contribution in [3.8, 4) is 0 Å². The van der Waals surface area contributed by atoms with Crippen LogP contribution in [-0.4, -0.2) is 41.1 Å². The largest absolute Gasteiger partial charge is 0.480 e. The molecule has 1 amide bonds. The first kappa shape index (κ1) is 18.9. The molecule has 0 spiro atoms. The number of nitrogens with zero attached hydrogens (tertiary/aromatic N) is 2. The molecule has 2 aromatic rings. The lowest BCUT2D eigenvalue weighted by molar-refractivity contribution is -0.139. The Bertz CT molecular complexity index is 754.